The molecule has 0 saturated carbocycles. The maximum absolute atomic E-state index is 12.8. The maximum Gasteiger partial charge on any atom is 0.373 e. The highest BCUT2D eigenvalue weighted by atomic mass is 16.7. The second kappa shape index (κ2) is 6.88. The molecule has 0 aromatic heterocycles. The van der Waals surface area contributed by atoms with E-state index in [1.54, 1.807) is 6.92 Å². The fraction of sp³-hybridized carbons (Fsp3) is 0.750. The third-order valence-corrected chi connectivity index (χ3v) is 4.71. The fourth-order valence-corrected chi connectivity index (χ4v) is 3.70. The van der Waals surface area contributed by atoms with Crippen LogP contribution in [0.4, 0.5) is 0 Å². The van der Waals surface area contributed by atoms with Crippen molar-refractivity contribution < 1.29 is 24.0 Å². The monoisotopic (exact) mass is 340 g/mol. The molecule has 2 aliphatic rings. The highest BCUT2D eigenvalue weighted by Crippen LogP contribution is 2.30. The van der Waals surface area contributed by atoms with E-state index in [0.717, 1.165) is 19.3 Å². The number of hydroxylamine groups is 2. The zero-order valence-electron chi connectivity index (χ0n) is 14.6. The molecule has 0 spiro atoms. The predicted molar refractivity (Wildman–Crippen MR) is 84.0 cm³/mol. The molecule has 1 N–H and O–H groups in total. The summed E-state index contributed by atoms with van der Waals surface area (Å²) in [6.45, 7) is 6.83. The van der Waals surface area contributed by atoms with Gasteiger partial charge in [-0.05, 0) is 33.6 Å². The van der Waals surface area contributed by atoms with Gasteiger partial charge in [-0.15, -0.1) is 5.06 Å². The smallest absolute Gasteiger partial charge is 0.329 e. The van der Waals surface area contributed by atoms with Crippen LogP contribution < -0.4 is 5.32 Å². The Balaban J connectivity index is 2.28. The average molecular weight is 340 g/mol. The first-order chi connectivity index (χ1) is 11.2. The van der Waals surface area contributed by atoms with Gasteiger partial charge in [0.05, 0.1) is 0 Å². The Morgan fingerprint density at radius 3 is 2.08 bits per heavy atom. The van der Waals surface area contributed by atoms with E-state index in [1.165, 1.54) is 6.92 Å². The minimum absolute atomic E-state index is 0.0273. The lowest BCUT2D eigenvalue weighted by Gasteiger charge is -2.48. The summed E-state index contributed by atoms with van der Waals surface area (Å²) in [7, 11) is 0. The number of carbonyl (C=O) groups excluding carboxylic acids is 4. The largest absolute Gasteiger partial charge is 0.373 e. The normalized spacial score (nSPS) is 27.8. The molecule has 0 aliphatic carbocycles. The van der Waals surface area contributed by atoms with Crippen molar-refractivity contribution in [2.45, 2.75) is 77.5 Å². The van der Waals surface area contributed by atoms with E-state index in [1.807, 2.05) is 18.7 Å². The van der Waals surface area contributed by atoms with Crippen LogP contribution in [0.15, 0.2) is 0 Å². The second-order valence-corrected chi connectivity index (χ2v) is 6.75. The van der Waals surface area contributed by atoms with Gasteiger partial charge in [-0.3, -0.25) is 19.3 Å². The molecule has 0 bridgehead atoms. The van der Waals surface area contributed by atoms with Crippen molar-refractivity contribution in [1.29, 1.82) is 0 Å². The number of hydrogen-bond donors (Lipinski definition) is 1. The molecule has 2 heterocycles. The minimum Gasteiger partial charge on any atom is -0.329 e. The number of likely N-dealkylation sites (tertiary alicyclic amines) is 1. The molecule has 3 amide bonds. The number of hydrogen-bond acceptors (Lipinski definition) is 6. The number of nitrogens with one attached hydrogen (secondary N) is 1. The van der Waals surface area contributed by atoms with Gasteiger partial charge < -0.3 is 10.2 Å². The SMILES string of the molecule is CC(=O)NC(C)(C(=O)ON1C(=O)CCC1=O)N1C(C)CCC[13CH]1C. The van der Waals surface area contributed by atoms with Crippen molar-refractivity contribution in [2.24, 2.45) is 0 Å². The average Bonchev–Trinajstić information content (AvgIpc) is 2.78. The summed E-state index contributed by atoms with van der Waals surface area (Å²) in [6.07, 6.45) is 2.86. The van der Waals surface area contributed by atoms with E-state index in [0.29, 0.717) is 5.06 Å². The Kier molecular flexibility index (Phi) is 5.27. The lowest BCUT2D eigenvalue weighted by Crippen LogP contribution is -2.69. The summed E-state index contributed by atoms with van der Waals surface area (Å²) in [5, 5.41) is 3.17. The van der Waals surface area contributed by atoms with E-state index in [9.17, 15) is 19.2 Å². The van der Waals surface area contributed by atoms with Gasteiger partial charge in [-0.1, -0.05) is 6.42 Å². The van der Waals surface area contributed by atoms with Crippen molar-refractivity contribution in [2.75, 3.05) is 0 Å². The van der Waals surface area contributed by atoms with Crippen LogP contribution in [0.2, 0.25) is 0 Å². The molecular weight excluding hydrogens is 315 g/mol. The van der Waals surface area contributed by atoms with E-state index in [2.05, 4.69) is 5.32 Å². The second-order valence-electron chi connectivity index (χ2n) is 6.75. The van der Waals surface area contributed by atoms with E-state index in [-0.39, 0.29) is 24.9 Å². The van der Waals surface area contributed by atoms with Gasteiger partial charge in [-0.2, -0.15) is 0 Å². The van der Waals surface area contributed by atoms with Gasteiger partial charge in [0, 0.05) is 31.8 Å². The van der Waals surface area contributed by atoms with Gasteiger partial charge in [-0.25, -0.2) is 4.79 Å². The maximum atomic E-state index is 12.8. The van der Waals surface area contributed by atoms with Crippen molar-refractivity contribution in [3.05, 3.63) is 0 Å². The van der Waals surface area contributed by atoms with Crippen LogP contribution in [0, 0.1) is 0 Å². The molecule has 0 aromatic rings. The van der Waals surface area contributed by atoms with Crippen LogP contribution in [0.5, 0.6) is 0 Å². The zero-order valence-corrected chi connectivity index (χ0v) is 14.6. The van der Waals surface area contributed by atoms with E-state index >= 15 is 0 Å². The first-order valence-corrected chi connectivity index (χ1v) is 8.32. The van der Waals surface area contributed by atoms with E-state index < -0.39 is 29.4 Å². The molecule has 3 atom stereocenters. The lowest BCUT2D eigenvalue weighted by molar-refractivity contribution is -0.210. The van der Waals surface area contributed by atoms with Gasteiger partial charge in [0.1, 0.15) is 0 Å². The number of piperidine rings is 1. The molecule has 8 nitrogen and oxygen atoms in total. The fourth-order valence-electron chi connectivity index (χ4n) is 3.70. The summed E-state index contributed by atoms with van der Waals surface area (Å²) >= 11 is 0. The molecule has 2 fully saturated rings. The van der Waals surface area contributed by atoms with E-state index in [4.69, 9.17) is 4.84 Å². The Hall–Kier alpha value is -1.96. The first-order valence-electron chi connectivity index (χ1n) is 8.32. The summed E-state index contributed by atoms with van der Waals surface area (Å²) in [4.78, 5) is 54.9. The van der Waals surface area contributed by atoms with Crippen molar-refractivity contribution in [1.82, 2.24) is 15.3 Å². The summed E-state index contributed by atoms with van der Waals surface area (Å²) in [5.41, 5.74) is -1.45. The van der Waals surface area contributed by atoms with Gasteiger partial charge in [0.2, 0.25) is 5.91 Å². The number of amides is 3. The Morgan fingerprint density at radius 2 is 1.62 bits per heavy atom. The highest BCUT2D eigenvalue weighted by Gasteiger charge is 2.49. The van der Waals surface area contributed by atoms with Crippen LogP contribution in [-0.2, 0) is 24.0 Å². The Morgan fingerprint density at radius 1 is 1.12 bits per heavy atom. The molecule has 24 heavy (non-hydrogen) atoms. The third-order valence-electron chi connectivity index (χ3n) is 4.71. The summed E-state index contributed by atoms with van der Waals surface area (Å²) < 4.78 is 0. The standard InChI is InChI=1S/C16H25N3O5/c1-10-6-5-7-11(2)18(10)16(4,17-12(3)20)15(23)24-19-13(21)8-9-14(19)22/h10-11H,5-9H2,1-4H3,(H,17,20)/i10+1. The van der Waals surface area contributed by atoms with Crippen LogP contribution in [-0.4, -0.2) is 51.4 Å². The first kappa shape index (κ1) is 18.4. The molecular formula is C16H25N3O5. The summed E-state index contributed by atoms with van der Waals surface area (Å²) in [5.74, 6) is -2.31. The van der Waals surface area contributed by atoms with Crippen LogP contribution >= 0.6 is 0 Å². The van der Waals surface area contributed by atoms with Gasteiger partial charge in [0.25, 0.3) is 11.8 Å². The molecule has 134 valence electrons. The molecule has 3 unspecified atom stereocenters. The van der Waals surface area contributed by atoms with Crippen LogP contribution in [0.25, 0.3) is 0 Å². The Labute approximate surface area is 141 Å². The van der Waals surface area contributed by atoms with Crippen LogP contribution in [0.3, 0.4) is 0 Å². The minimum atomic E-state index is -1.45. The number of nitrogens with zero attached hydrogens (tertiary/aromatic N) is 2. The van der Waals surface area contributed by atoms with Gasteiger partial charge >= 0.3 is 5.97 Å². The molecule has 0 aromatic carbocycles. The molecule has 0 radical (unpaired) electrons. The number of carbonyl (C=O) groups is 4. The number of imide groups is 1. The van der Waals surface area contributed by atoms with Crippen molar-refractivity contribution in [3.8, 4) is 0 Å². The predicted octanol–water partition coefficient (Wildman–Crippen LogP) is 0.709. The number of rotatable bonds is 4. The molecule has 2 aliphatic heterocycles. The molecule has 2 rings (SSSR count). The van der Waals surface area contributed by atoms with Crippen molar-refractivity contribution >= 4 is 23.7 Å². The molecule has 2 saturated heterocycles. The van der Waals surface area contributed by atoms with Crippen molar-refractivity contribution in [3.63, 3.8) is 0 Å². The zero-order chi connectivity index (χ0) is 18.1. The summed E-state index contributed by atoms with van der Waals surface area (Å²) in [6, 6.07) is 0.0891. The van der Waals surface area contributed by atoms with Crippen LogP contribution in [0.1, 0.15) is 59.8 Å². The quantitative estimate of drug-likeness (QED) is 0.598. The third kappa shape index (κ3) is 3.43. The topological polar surface area (TPSA) is 96.0 Å². The Bertz CT molecular complexity index is 538. The highest BCUT2D eigenvalue weighted by molar-refractivity contribution is 6.02. The van der Waals surface area contributed by atoms with Gasteiger partial charge in [0.15, 0.2) is 5.66 Å². The molecule has 8 heteroatoms. The lowest BCUT2D eigenvalue weighted by atomic mass is 10.0.